The molecule has 2 rings (SSSR count). The number of benzene rings is 1. The van der Waals surface area contributed by atoms with Gasteiger partial charge >= 0.3 is 5.97 Å². The fourth-order valence-electron chi connectivity index (χ4n) is 2.80. The maximum Gasteiger partial charge on any atom is 0.303 e. The number of aryl methyl sites for hydroxylation is 1. The van der Waals surface area contributed by atoms with Gasteiger partial charge in [-0.05, 0) is 38.0 Å². The van der Waals surface area contributed by atoms with Crippen molar-refractivity contribution in [1.82, 2.24) is 5.32 Å². The monoisotopic (exact) mass is 262 g/mol. The fourth-order valence-corrected chi connectivity index (χ4v) is 2.80. The molecular formula is C15H22N2O2. The zero-order valence-corrected chi connectivity index (χ0v) is 11.6. The second-order valence-electron chi connectivity index (χ2n) is 5.34. The van der Waals surface area contributed by atoms with Crippen LogP contribution in [0.3, 0.4) is 0 Å². The SMILES string of the molecule is Cc1cccc(N2C(C)CNCC2CCC(=O)O)c1. The van der Waals surface area contributed by atoms with E-state index < -0.39 is 5.97 Å². The third-order valence-electron chi connectivity index (χ3n) is 3.68. The van der Waals surface area contributed by atoms with Crippen LogP contribution in [0, 0.1) is 6.92 Å². The van der Waals surface area contributed by atoms with Gasteiger partial charge in [0, 0.05) is 37.3 Å². The lowest BCUT2D eigenvalue weighted by Crippen LogP contribution is -2.56. The largest absolute Gasteiger partial charge is 0.481 e. The number of carboxylic acids is 1. The van der Waals surface area contributed by atoms with Gasteiger partial charge in [0.25, 0.3) is 0 Å². The summed E-state index contributed by atoms with van der Waals surface area (Å²) in [5.41, 5.74) is 2.43. The van der Waals surface area contributed by atoms with Crippen LogP contribution in [0.15, 0.2) is 24.3 Å². The number of rotatable bonds is 4. The van der Waals surface area contributed by atoms with Crippen molar-refractivity contribution in [2.75, 3.05) is 18.0 Å². The molecule has 2 atom stereocenters. The Balaban J connectivity index is 2.18. The van der Waals surface area contributed by atoms with Crippen LogP contribution < -0.4 is 10.2 Å². The van der Waals surface area contributed by atoms with Crippen LogP contribution in [0.5, 0.6) is 0 Å². The summed E-state index contributed by atoms with van der Waals surface area (Å²) in [6, 6.07) is 9.07. The number of nitrogens with zero attached hydrogens (tertiary/aromatic N) is 1. The molecular weight excluding hydrogens is 240 g/mol. The Kier molecular flexibility index (Phi) is 4.43. The van der Waals surface area contributed by atoms with E-state index in [9.17, 15) is 4.79 Å². The van der Waals surface area contributed by atoms with E-state index in [1.54, 1.807) is 0 Å². The van der Waals surface area contributed by atoms with Crippen molar-refractivity contribution in [2.45, 2.75) is 38.8 Å². The molecule has 0 radical (unpaired) electrons. The minimum absolute atomic E-state index is 0.224. The molecule has 1 aromatic carbocycles. The molecule has 0 bridgehead atoms. The van der Waals surface area contributed by atoms with E-state index in [1.165, 1.54) is 11.3 Å². The summed E-state index contributed by atoms with van der Waals surface area (Å²) < 4.78 is 0. The van der Waals surface area contributed by atoms with Crippen molar-refractivity contribution in [1.29, 1.82) is 0 Å². The fraction of sp³-hybridized carbons (Fsp3) is 0.533. The van der Waals surface area contributed by atoms with Gasteiger partial charge in [0.05, 0.1) is 0 Å². The van der Waals surface area contributed by atoms with Crippen molar-refractivity contribution < 1.29 is 9.90 Å². The Hall–Kier alpha value is -1.55. The van der Waals surface area contributed by atoms with Gasteiger partial charge < -0.3 is 15.3 Å². The van der Waals surface area contributed by atoms with Crippen molar-refractivity contribution >= 4 is 11.7 Å². The van der Waals surface area contributed by atoms with Gasteiger partial charge in [0.1, 0.15) is 0 Å². The van der Waals surface area contributed by atoms with Gasteiger partial charge in [-0.25, -0.2) is 0 Å². The number of hydrogen-bond acceptors (Lipinski definition) is 3. The molecule has 1 heterocycles. The highest BCUT2D eigenvalue weighted by Gasteiger charge is 2.28. The van der Waals surface area contributed by atoms with Gasteiger partial charge in [-0.3, -0.25) is 4.79 Å². The first-order chi connectivity index (χ1) is 9.08. The van der Waals surface area contributed by atoms with Gasteiger partial charge in [-0.1, -0.05) is 12.1 Å². The van der Waals surface area contributed by atoms with E-state index in [0.29, 0.717) is 12.5 Å². The average Bonchev–Trinajstić information content (AvgIpc) is 2.36. The van der Waals surface area contributed by atoms with Gasteiger partial charge in [-0.2, -0.15) is 0 Å². The molecule has 0 aromatic heterocycles. The number of carbonyl (C=O) groups is 1. The van der Waals surface area contributed by atoms with Crippen LogP contribution >= 0.6 is 0 Å². The highest BCUT2D eigenvalue weighted by atomic mass is 16.4. The topological polar surface area (TPSA) is 52.6 Å². The molecule has 2 unspecified atom stereocenters. The van der Waals surface area contributed by atoms with Crippen LogP contribution in [-0.4, -0.2) is 36.2 Å². The molecule has 1 fully saturated rings. The maximum absolute atomic E-state index is 10.8. The van der Waals surface area contributed by atoms with Crippen LogP contribution in [0.1, 0.15) is 25.3 Å². The van der Waals surface area contributed by atoms with E-state index in [2.05, 4.69) is 48.3 Å². The van der Waals surface area contributed by atoms with E-state index in [0.717, 1.165) is 13.1 Å². The van der Waals surface area contributed by atoms with Gasteiger partial charge in [0.2, 0.25) is 0 Å². The smallest absolute Gasteiger partial charge is 0.303 e. The number of nitrogens with one attached hydrogen (secondary N) is 1. The Morgan fingerprint density at radius 3 is 2.95 bits per heavy atom. The lowest BCUT2D eigenvalue weighted by Gasteiger charge is -2.43. The predicted molar refractivity (Wildman–Crippen MR) is 76.6 cm³/mol. The normalized spacial score (nSPS) is 23.4. The molecule has 0 amide bonds. The second-order valence-corrected chi connectivity index (χ2v) is 5.34. The molecule has 104 valence electrons. The van der Waals surface area contributed by atoms with Gasteiger partial charge in [0.15, 0.2) is 0 Å². The van der Waals surface area contributed by atoms with Crippen LogP contribution in [-0.2, 0) is 4.79 Å². The van der Waals surface area contributed by atoms with E-state index in [1.807, 2.05) is 0 Å². The molecule has 0 saturated carbocycles. The maximum atomic E-state index is 10.8. The summed E-state index contributed by atoms with van der Waals surface area (Å²) in [5, 5.41) is 12.3. The predicted octanol–water partition coefficient (Wildman–Crippen LogP) is 2.03. The van der Waals surface area contributed by atoms with Crippen molar-refractivity contribution in [3.8, 4) is 0 Å². The number of aliphatic carboxylic acids is 1. The summed E-state index contributed by atoms with van der Waals surface area (Å²) in [5.74, 6) is -0.720. The first-order valence-electron chi connectivity index (χ1n) is 6.85. The third-order valence-corrected chi connectivity index (χ3v) is 3.68. The van der Waals surface area contributed by atoms with Gasteiger partial charge in [-0.15, -0.1) is 0 Å². The Morgan fingerprint density at radius 2 is 2.26 bits per heavy atom. The van der Waals surface area contributed by atoms with Crippen molar-refractivity contribution in [3.05, 3.63) is 29.8 Å². The van der Waals surface area contributed by atoms with E-state index >= 15 is 0 Å². The first-order valence-corrected chi connectivity index (χ1v) is 6.85. The lowest BCUT2D eigenvalue weighted by atomic mass is 10.0. The number of hydrogen-bond donors (Lipinski definition) is 2. The molecule has 0 spiro atoms. The Labute approximate surface area is 114 Å². The molecule has 0 aliphatic carbocycles. The highest BCUT2D eigenvalue weighted by molar-refractivity contribution is 5.66. The Morgan fingerprint density at radius 1 is 1.47 bits per heavy atom. The van der Waals surface area contributed by atoms with Crippen molar-refractivity contribution in [2.24, 2.45) is 0 Å². The van der Waals surface area contributed by atoms with E-state index in [-0.39, 0.29) is 12.5 Å². The number of anilines is 1. The molecule has 4 heteroatoms. The summed E-state index contributed by atoms with van der Waals surface area (Å²) in [4.78, 5) is 13.1. The van der Waals surface area contributed by atoms with Crippen LogP contribution in [0.2, 0.25) is 0 Å². The third kappa shape index (κ3) is 3.47. The molecule has 2 N–H and O–H groups in total. The summed E-state index contributed by atoms with van der Waals surface area (Å²) in [6.45, 7) is 6.06. The molecule has 19 heavy (non-hydrogen) atoms. The van der Waals surface area contributed by atoms with Crippen LogP contribution in [0.25, 0.3) is 0 Å². The zero-order chi connectivity index (χ0) is 13.8. The summed E-state index contributed by atoms with van der Waals surface area (Å²) in [7, 11) is 0. The quantitative estimate of drug-likeness (QED) is 0.871. The van der Waals surface area contributed by atoms with Crippen molar-refractivity contribution in [3.63, 3.8) is 0 Å². The summed E-state index contributed by atoms with van der Waals surface area (Å²) in [6.07, 6.45) is 0.905. The molecule has 1 aliphatic heterocycles. The lowest BCUT2D eigenvalue weighted by molar-refractivity contribution is -0.137. The highest BCUT2D eigenvalue weighted by Crippen LogP contribution is 2.25. The summed E-state index contributed by atoms with van der Waals surface area (Å²) >= 11 is 0. The number of piperazine rings is 1. The molecule has 1 aliphatic rings. The first kappa shape index (κ1) is 13.9. The average molecular weight is 262 g/mol. The minimum atomic E-state index is -0.720. The molecule has 4 nitrogen and oxygen atoms in total. The van der Waals surface area contributed by atoms with E-state index in [4.69, 9.17) is 5.11 Å². The number of carboxylic acid groups (broad SMARTS) is 1. The zero-order valence-electron chi connectivity index (χ0n) is 11.6. The second kappa shape index (κ2) is 6.06. The molecule has 1 aromatic rings. The standard InChI is InChI=1S/C15H22N2O2/c1-11-4-3-5-13(8-11)17-12(2)9-16-10-14(17)6-7-15(18)19/h3-5,8,12,14,16H,6-7,9-10H2,1-2H3,(H,18,19). The Bertz CT molecular complexity index is 448. The minimum Gasteiger partial charge on any atom is -0.481 e. The van der Waals surface area contributed by atoms with Crippen LogP contribution in [0.4, 0.5) is 5.69 Å². The molecule has 1 saturated heterocycles.